The molecule has 0 radical (unpaired) electrons. The average Bonchev–Trinajstić information content (AvgIpc) is 2.95. The van der Waals surface area contributed by atoms with Crippen molar-refractivity contribution in [2.75, 3.05) is 6.54 Å². The van der Waals surface area contributed by atoms with Crippen molar-refractivity contribution in [1.82, 2.24) is 0 Å². The smallest absolute Gasteiger partial charge is 0.00364 e. The third-order valence-electron chi connectivity index (χ3n) is 8.14. The molecule has 0 spiro atoms. The Balaban J connectivity index is 0.000000714. The van der Waals surface area contributed by atoms with E-state index in [9.17, 15) is 0 Å². The molecule has 0 saturated heterocycles. The molecule has 3 rings (SSSR count). The van der Waals surface area contributed by atoms with Gasteiger partial charge in [-0.1, -0.05) is 115 Å². The zero-order valence-corrected chi connectivity index (χ0v) is 26.7. The molecule has 0 amide bonds. The molecule has 2 aliphatic carbocycles. The maximum Gasteiger partial charge on any atom is -0.00364 e. The van der Waals surface area contributed by atoms with Gasteiger partial charge in [0.25, 0.3) is 0 Å². The lowest BCUT2D eigenvalue weighted by Gasteiger charge is -2.28. The molecule has 0 heterocycles. The molecular weight excluding hydrogens is 458 g/mol. The van der Waals surface area contributed by atoms with E-state index in [0.717, 1.165) is 30.7 Å². The first-order valence-electron chi connectivity index (χ1n) is 16.2. The number of rotatable bonds is 9. The molecule has 1 aromatic carbocycles. The van der Waals surface area contributed by atoms with E-state index in [4.69, 9.17) is 5.73 Å². The van der Waals surface area contributed by atoms with Crippen molar-refractivity contribution in [1.29, 1.82) is 0 Å². The molecule has 2 N–H and O–H groups in total. The Labute approximate surface area is 239 Å². The topological polar surface area (TPSA) is 26.0 Å². The van der Waals surface area contributed by atoms with E-state index >= 15 is 0 Å². The molecule has 218 valence electrons. The van der Waals surface area contributed by atoms with Crippen molar-refractivity contribution >= 4 is 6.08 Å². The van der Waals surface area contributed by atoms with Crippen LogP contribution in [-0.4, -0.2) is 6.54 Å². The minimum atomic E-state index is 0.740. The molecule has 2 saturated carbocycles. The highest BCUT2D eigenvalue weighted by atomic mass is 14.5. The monoisotopic (exact) mass is 524 g/mol. The van der Waals surface area contributed by atoms with Crippen molar-refractivity contribution < 1.29 is 0 Å². The molecule has 1 nitrogen and oxygen atoms in total. The number of hydrogen-bond acceptors (Lipinski definition) is 1. The van der Waals surface area contributed by atoms with Gasteiger partial charge in [0.05, 0.1) is 0 Å². The van der Waals surface area contributed by atoms with Crippen LogP contribution in [-0.2, 0) is 12.8 Å². The highest BCUT2D eigenvalue weighted by Gasteiger charge is 2.21. The van der Waals surface area contributed by atoms with Crippen LogP contribution in [0.5, 0.6) is 0 Å². The average molecular weight is 524 g/mol. The molecule has 0 bridgehead atoms. The fourth-order valence-corrected chi connectivity index (χ4v) is 6.15. The largest absolute Gasteiger partial charge is 0.330 e. The van der Waals surface area contributed by atoms with E-state index in [0.29, 0.717) is 0 Å². The summed E-state index contributed by atoms with van der Waals surface area (Å²) < 4.78 is 0. The van der Waals surface area contributed by atoms with Gasteiger partial charge in [-0.15, -0.1) is 13.2 Å². The number of allylic oxidation sites excluding steroid dienone is 3. The lowest BCUT2D eigenvalue weighted by atomic mass is 9.77. The molecule has 1 heteroatoms. The number of benzene rings is 1. The van der Waals surface area contributed by atoms with E-state index in [-0.39, 0.29) is 0 Å². The summed E-state index contributed by atoms with van der Waals surface area (Å²) >= 11 is 0. The highest BCUT2D eigenvalue weighted by Crippen LogP contribution is 2.34. The zero-order chi connectivity index (χ0) is 28.8. The van der Waals surface area contributed by atoms with Gasteiger partial charge in [0.2, 0.25) is 0 Å². The molecule has 38 heavy (non-hydrogen) atoms. The van der Waals surface area contributed by atoms with Crippen molar-refractivity contribution in [2.24, 2.45) is 23.5 Å². The Kier molecular flexibility index (Phi) is 22.3. The van der Waals surface area contributed by atoms with Gasteiger partial charge in [0.15, 0.2) is 0 Å². The van der Waals surface area contributed by atoms with Crippen LogP contribution in [0, 0.1) is 24.7 Å². The van der Waals surface area contributed by atoms with Gasteiger partial charge in [-0.25, -0.2) is 0 Å². The first kappa shape index (κ1) is 36.4. The number of aryl methyl sites for hydroxylation is 2. The SMILES string of the molecule is C=CC.C=CC1CCCCC1CCC.CC.CCCc1ccc(C)c(/C=C(\C)C2CCCCC2)c1CCN. The second-order valence-corrected chi connectivity index (χ2v) is 11.1. The molecule has 2 fully saturated rings. The summed E-state index contributed by atoms with van der Waals surface area (Å²) in [5.74, 6) is 2.60. The lowest BCUT2D eigenvalue weighted by molar-refractivity contribution is 0.267. The second kappa shape index (κ2) is 23.3. The van der Waals surface area contributed by atoms with Crippen LogP contribution in [0.4, 0.5) is 0 Å². The minimum Gasteiger partial charge on any atom is -0.330 e. The van der Waals surface area contributed by atoms with Gasteiger partial charge in [-0.05, 0) is 106 Å². The van der Waals surface area contributed by atoms with Gasteiger partial charge in [-0.3, -0.25) is 0 Å². The van der Waals surface area contributed by atoms with Crippen molar-refractivity contribution in [3.63, 3.8) is 0 Å². The number of hydrogen-bond donors (Lipinski definition) is 1. The first-order valence-corrected chi connectivity index (χ1v) is 16.2. The second-order valence-electron chi connectivity index (χ2n) is 11.1. The molecule has 0 aliphatic heterocycles. The first-order chi connectivity index (χ1) is 18.5. The van der Waals surface area contributed by atoms with Gasteiger partial charge < -0.3 is 5.73 Å². The summed E-state index contributed by atoms with van der Waals surface area (Å²) in [7, 11) is 0. The van der Waals surface area contributed by atoms with Gasteiger partial charge in [0.1, 0.15) is 0 Å². The summed E-state index contributed by atoms with van der Waals surface area (Å²) in [5.41, 5.74) is 13.3. The third-order valence-corrected chi connectivity index (χ3v) is 8.14. The van der Waals surface area contributed by atoms with Crippen LogP contribution >= 0.6 is 0 Å². The molecule has 0 aromatic heterocycles. The Bertz CT molecular complexity index is 763. The highest BCUT2D eigenvalue weighted by molar-refractivity contribution is 5.62. The molecular formula is C37H65N. The van der Waals surface area contributed by atoms with Crippen LogP contribution in [0.1, 0.15) is 141 Å². The van der Waals surface area contributed by atoms with Crippen LogP contribution in [0.2, 0.25) is 0 Å². The number of nitrogens with two attached hydrogens (primary N) is 1. The maximum absolute atomic E-state index is 5.90. The van der Waals surface area contributed by atoms with Gasteiger partial charge in [-0.2, -0.15) is 0 Å². The summed E-state index contributed by atoms with van der Waals surface area (Å²) in [5, 5.41) is 0. The Hall–Kier alpha value is -1.60. The van der Waals surface area contributed by atoms with Gasteiger partial charge in [0, 0.05) is 0 Å². The van der Waals surface area contributed by atoms with E-state index in [1.54, 1.807) is 11.6 Å². The van der Waals surface area contributed by atoms with E-state index in [1.807, 2.05) is 20.8 Å². The standard InChI is InChI=1S/C21H33N.C11H20.C3H6.C2H6/c1-4-8-19-12-11-16(2)21(20(19)13-14-22)15-17(3)18-9-6-5-7-10-18;1-3-7-11-9-6-5-8-10(11)4-2;1-3-2;1-2/h11-12,15,18H,4-10,13-14,22H2,1-3H3;4,10-11H,2-3,5-9H2,1H3;3H,1H2,2H3;1-2H3/b17-15+;;;. The van der Waals surface area contributed by atoms with Crippen LogP contribution in [0.15, 0.2) is 43.0 Å². The third kappa shape index (κ3) is 13.5. The quantitative estimate of drug-likeness (QED) is 0.320. The predicted octanol–water partition coefficient (Wildman–Crippen LogP) is 11.4. The van der Waals surface area contributed by atoms with Gasteiger partial charge >= 0.3 is 0 Å². The fraction of sp³-hybridized carbons (Fsp3) is 0.676. The van der Waals surface area contributed by atoms with E-state index in [2.05, 4.69) is 65.1 Å². The normalized spacial score (nSPS) is 19.5. The minimum absolute atomic E-state index is 0.740. The Morgan fingerprint density at radius 2 is 1.53 bits per heavy atom. The Morgan fingerprint density at radius 1 is 0.921 bits per heavy atom. The summed E-state index contributed by atoms with van der Waals surface area (Å²) in [6, 6.07) is 4.61. The van der Waals surface area contributed by atoms with Crippen LogP contribution in [0.3, 0.4) is 0 Å². The Morgan fingerprint density at radius 3 is 2.08 bits per heavy atom. The lowest BCUT2D eigenvalue weighted by Crippen LogP contribution is -2.16. The zero-order valence-electron chi connectivity index (χ0n) is 26.7. The van der Waals surface area contributed by atoms with Crippen molar-refractivity contribution in [2.45, 2.75) is 138 Å². The summed E-state index contributed by atoms with van der Waals surface area (Å²) in [6.45, 7) is 23.0. The predicted molar refractivity (Wildman–Crippen MR) is 176 cm³/mol. The molecule has 2 atom stereocenters. The van der Waals surface area contributed by atoms with Crippen molar-refractivity contribution in [3.8, 4) is 0 Å². The fourth-order valence-electron chi connectivity index (χ4n) is 6.15. The maximum atomic E-state index is 5.90. The van der Waals surface area contributed by atoms with Crippen molar-refractivity contribution in [3.05, 3.63) is 65.3 Å². The van der Waals surface area contributed by atoms with E-state index < -0.39 is 0 Å². The van der Waals surface area contributed by atoms with Crippen LogP contribution in [0.25, 0.3) is 6.08 Å². The molecule has 2 unspecified atom stereocenters. The summed E-state index contributed by atoms with van der Waals surface area (Å²) in [4.78, 5) is 0. The van der Waals surface area contributed by atoms with E-state index in [1.165, 1.54) is 106 Å². The molecule has 2 aliphatic rings. The van der Waals surface area contributed by atoms with Crippen LogP contribution < -0.4 is 5.73 Å². The summed E-state index contributed by atoms with van der Waals surface area (Å²) in [6.07, 6.45) is 25.2. The molecule has 1 aromatic rings.